The van der Waals surface area contributed by atoms with Crippen molar-refractivity contribution >= 4 is 5.91 Å². The fraction of sp³-hybridized carbons (Fsp3) is 0.353. The molecule has 4 rings (SSSR count). The Bertz CT molecular complexity index is 902. The van der Waals surface area contributed by atoms with Gasteiger partial charge in [-0.3, -0.25) is 4.79 Å². The molecule has 1 saturated heterocycles. The third kappa shape index (κ3) is 2.79. The molecule has 2 aromatic heterocycles. The molecular formula is C17H18N6O2. The van der Waals surface area contributed by atoms with Crippen molar-refractivity contribution < 1.29 is 9.32 Å². The molecule has 25 heavy (non-hydrogen) atoms. The molecule has 1 atom stereocenters. The first-order valence-corrected chi connectivity index (χ1v) is 8.20. The zero-order chi connectivity index (χ0) is 17.4. The SMILES string of the molecule is Cc1nc(C2CCCN2C(=O)c2ccc(-n3cncn3)cc2C)no1. The molecule has 1 unspecified atom stereocenters. The van der Waals surface area contributed by atoms with Crippen LogP contribution in [0.4, 0.5) is 0 Å². The number of carbonyl (C=O) groups excluding carboxylic acids is 1. The molecule has 0 bridgehead atoms. The summed E-state index contributed by atoms with van der Waals surface area (Å²) < 4.78 is 6.75. The van der Waals surface area contributed by atoms with E-state index in [-0.39, 0.29) is 11.9 Å². The number of likely N-dealkylation sites (tertiary alicyclic amines) is 1. The van der Waals surface area contributed by atoms with Crippen molar-refractivity contribution in [1.29, 1.82) is 0 Å². The summed E-state index contributed by atoms with van der Waals surface area (Å²) in [6, 6.07) is 5.52. The van der Waals surface area contributed by atoms with Gasteiger partial charge >= 0.3 is 0 Å². The smallest absolute Gasteiger partial charge is 0.254 e. The Morgan fingerprint density at radius 3 is 2.88 bits per heavy atom. The van der Waals surface area contributed by atoms with Gasteiger partial charge in [-0.15, -0.1) is 0 Å². The van der Waals surface area contributed by atoms with Gasteiger partial charge in [0.2, 0.25) is 5.89 Å². The van der Waals surface area contributed by atoms with Crippen LogP contribution in [-0.4, -0.2) is 42.3 Å². The molecule has 1 fully saturated rings. The number of benzene rings is 1. The van der Waals surface area contributed by atoms with Crippen LogP contribution < -0.4 is 0 Å². The molecule has 1 amide bonds. The number of hydrogen-bond donors (Lipinski definition) is 0. The minimum absolute atomic E-state index is 0.00686. The fourth-order valence-corrected chi connectivity index (χ4v) is 3.26. The predicted octanol–water partition coefficient (Wildman–Crippen LogP) is 2.24. The highest BCUT2D eigenvalue weighted by molar-refractivity contribution is 5.96. The van der Waals surface area contributed by atoms with Crippen molar-refractivity contribution in [2.75, 3.05) is 6.54 Å². The van der Waals surface area contributed by atoms with Crippen LogP contribution in [0.5, 0.6) is 0 Å². The van der Waals surface area contributed by atoms with Crippen molar-refractivity contribution in [2.45, 2.75) is 32.7 Å². The van der Waals surface area contributed by atoms with Gasteiger partial charge in [0.1, 0.15) is 12.7 Å². The second-order valence-corrected chi connectivity index (χ2v) is 6.17. The lowest BCUT2D eigenvalue weighted by atomic mass is 10.1. The van der Waals surface area contributed by atoms with Gasteiger partial charge in [-0.25, -0.2) is 9.67 Å². The first kappa shape index (κ1) is 15.5. The van der Waals surface area contributed by atoms with Gasteiger partial charge in [-0.2, -0.15) is 10.1 Å². The Morgan fingerprint density at radius 2 is 2.20 bits per heavy atom. The number of nitrogens with zero attached hydrogens (tertiary/aromatic N) is 6. The van der Waals surface area contributed by atoms with Gasteiger partial charge in [0, 0.05) is 19.0 Å². The quantitative estimate of drug-likeness (QED) is 0.727. The van der Waals surface area contributed by atoms with Crippen LogP contribution in [0.2, 0.25) is 0 Å². The lowest BCUT2D eigenvalue weighted by Crippen LogP contribution is -2.31. The molecule has 0 spiro atoms. The average molecular weight is 338 g/mol. The molecule has 128 valence electrons. The molecule has 1 aliphatic heterocycles. The number of amides is 1. The molecule has 1 aromatic carbocycles. The van der Waals surface area contributed by atoms with Crippen molar-refractivity contribution in [2.24, 2.45) is 0 Å². The van der Waals surface area contributed by atoms with Gasteiger partial charge in [-0.05, 0) is 43.5 Å². The monoisotopic (exact) mass is 338 g/mol. The van der Waals surface area contributed by atoms with Crippen molar-refractivity contribution in [1.82, 2.24) is 29.8 Å². The van der Waals surface area contributed by atoms with Gasteiger partial charge in [-0.1, -0.05) is 5.16 Å². The number of carbonyl (C=O) groups is 1. The molecular weight excluding hydrogens is 320 g/mol. The highest BCUT2D eigenvalue weighted by Gasteiger charge is 2.34. The van der Waals surface area contributed by atoms with Crippen LogP contribution in [-0.2, 0) is 0 Å². The number of aromatic nitrogens is 5. The summed E-state index contributed by atoms with van der Waals surface area (Å²) in [4.78, 5) is 23.1. The Hall–Kier alpha value is -3.03. The van der Waals surface area contributed by atoms with E-state index in [1.54, 1.807) is 17.9 Å². The topological polar surface area (TPSA) is 89.9 Å². The molecule has 8 nitrogen and oxygen atoms in total. The standard InChI is InChI=1S/C17H18N6O2/c1-11-8-13(23-10-18-9-19-23)5-6-14(11)17(24)22-7-3-4-15(22)16-20-12(2)25-21-16/h5-6,8-10,15H,3-4,7H2,1-2H3. The van der Waals surface area contributed by atoms with Crippen LogP contribution in [0.25, 0.3) is 5.69 Å². The maximum atomic E-state index is 13.1. The van der Waals surface area contributed by atoms with Crippen molar-refractivity contribution in [3.8, 4) is 5.69 Å². The van der Waals surface area contributed by atoms with E-state index in [2.05, 4.69) is 20.2 Å². The third-order valence-corrected chi connectivity index (χ3v) is 4.48. The lowest BCUT2D eigenvalue weighted by Gasteiger charge is -2.23. The Balaban J connectivity index is 1.62. The summed E-state index contributed by atoms with van der Waals surface area (Å²) in [6.07, 6.45) is 4.89. The van der Waals surface area contributed by atoms with Crippen LogP contribution in [0, 0.1) is 13.8 Å². The van der Waals surface area contributed by atoms with E-state index in [1.807, 2.05) is 30.0 Å². The molecule has 3 aromatic rings. The predicted molar refractivity (Wildman–Crippen MR) is 88.1 cm³/mol. The maximum absolute atomic E-state index is 13.1. The summed E-state index contributed by atoms with van der Waals surface area (Å²) in [5.74, 6) is 1.09. The molecule has 3 heterocycles. The van der Waals surface area contributed by atoms with E-state index in [9.17, 15) is 4.79 Å². The van der Waals surface area contributed by atoms with Gasteiger partial charge in [0.25, 0.3) is 5.91 Å². The van der Waals surface area contributed by atoms with E-state index in [0.717, 1.165) is 24.1 Å². The van der Waals surface area contributed by atoms with Crippen LogP contribution in [0.1, 0.15) is 46.5 Å². The minimum atomic E-state index is -0.126. The highest BCUT2D eigenvalue weighted by atomic mass is 16.5. The summed E-state index contributed by atoms with van der Waals surface area (Å²) in [7, 11) is 0. The second-order valence-electron chi connectivity index (χ2n) is 6.17. The third-order valence-electron chi connectivity index (χ3n) is 4.48. The Labute approximate surface area is 144 Å². The van der Waals surface area contributed by atoms with E-state index in [0.29, 0.717) is 23.8 Å². The number of hydrogen-bond acceptors (Lipinski definition) is 6. The molecule has 8 heteroatoms. The average Bonchev–Trinajstić information content (AvgIpc) is 3.35. The summed E-state index contributed by atoms with van der Waals surface area (Å²) in [6.45, 7) is 4.38. The normalized spacial score (nSPS) is 17.2. The van der Waals surface area contributed by atoms with E-state index in [1.165, 1.54) is 6.33 Å². The van der Waals surface area contributed by atoms with E-state index >= 15 is 0 Å². The van der Waals surface area contributed by atoms with Crippen LogP contribution in [0.15, 0.2) is 35.4 Å². The van der Waals surface area contributed by atoms with Gasteiger partial charge in [0.15, 0.2) is 5.82 Å². The molecule has 1 aliphatic rings. The number of rotatable bonds is 3. The summed E-state index contributed by atoms with van der Waals surface area (Å²) in [5, 5.41) is 8.11. The Kier molecular flexibility index (Phi) is 3.79. The zero-order valence-corrected chi connectivity index (χ0v) is 14.1. The van der Waals surface area contributed by atoms with Crippen molar-refractivity contribution in [3.63, 3.8) is 0 Å². The Morgan fingerprint density at radius 1 is 1.32 bits per heavy atom. The molecule has 0 radical (unpaired) electrons. The molecule has 0 aliphatic carbocycles. The summed E-state index contributed by atoms with van der Waals surface area (Å²) >= 11 is 0. The van der Waals surface area contributed by atoms with E-state index < -0.39 is 0 Å². The van der Waals surface area contributed by atoms with Crippen LogP contribution in [0.3, 0.4) is 0 Å². The van der Waals surface area contributed by atoms with E-state index in [4.69, 9.17) is 4.52 Å². The first-order chi connectivity index (χ1) is 12.1. The highest BCUT2D eigenvalue weighted by Crippen LogP contribution is 2.32. The minimum Gasteiger partial charge on any atom is -0.340 e. The van der Waals surface area contributed by atoms with Crippen LogP contribution >= 0.6 is 0 Å². The molecule has 0 N–H and O–H groups in total. The fourth-order valence-electron chi connectivity index (χ4n) is 3.26. The largest absolute Gasteiger partial charge is 0.340 e. The van der Waals surface area contributed by atoms with Gasteiger partial charge < -0.3 is 9.42 Å². The second kappa shape index (κ2) is 6.12. The summed E-state index contributed by atoms with van der Waals surface area (Å²) in [5.41, 5.74) is 2.45. The van der Waals surface area contributed by atoms with Crippen molar-refractivity contribution in [3.05, 3.63) is 53.7 Å². The maximum Gasteiger partial charge on any atom is 0.254 e. The zero-order valence-electron chi connectivity index (χ0n) is 14.1. The first-order valence-electron chi connectivity index (χ1n) is 8.20. The number of aryl methyl sites for hydroxylation is 2. The molecule has 0 saturated carbocycles. The lowest BCUT2D eigenvalue weighted by molar-refractivity contribution is 0.0727. The van der Waals surface area contributed by atoms with Gasteiger partial charge in [0.05, 0.1) is 11.7 Å².